The molecule has 4 heteroatoms. The molecule has 112 valence electrons. The van der Waals surface area contributed by atoms with Gasteiger partial charge in [0.2, 0.25) is 0 Å². The summed E-state index contributed by atoms with van der Waals surface area (Å²) in [7, 11) is 3.36. The van der Waals surface area contributed by atoms with E-state index in [4.69, 9.17) is 14.2 Å². The summed E-state index contributed by atoms with van der Waals surface area (Å²) in [5.41, 5.74) is 2.60. The Balaban J connectivity index is 2.12. The number of benzene rings is 1. The average Bonchev–Trinajstić information content (AvgIpc) is 2.50. The summed E-state index contributed by atoms with van der Waals surface area (Å²) in [6.07, 6.45) is 5.90. The van der Waals surface area contributed by atoms with Crippen molar-refractivity contribution in [1.82, 2.24) is 0 Å². The van der Waals surface area contributed by atoms with Crippen LogP contribution < -0.4 is 9.47 Å². The largest absolute Gasteiger partial charge is 0.493 e. The lowest BCUT2D eigenvalue weighted by atomic mass is 9.93. The van der Waals surface area contributed by atoms with Gasteiger partial charge >= 0.3 is 0 Å². The van der Waals surface area contributed by atoms with Crippen LogP contribution in [0.2, 0.25) is 0 Å². The SMILES string of the molecule is COc1cc2c(cc1OC)C(CCCCCBr)OCC2. The first kappa shape index (κ1) is 15.6. The maximum Gasteiger partial charge on any atom is 0.161 e. The van der Waals surface area contributed by atoms with Crippen LogP contribution in [0.25, 0.3) is 0 Å². The fourth-order valence-corrected chi connectivity index (χ4v) is 3.09. The third kappa shape index (κ3) is 3.67. The molecule has 1 heterocycles. The number of unbranched alkanes of at least 4 members (excludes halogenated alkanes) is 2. The molecule has 0 saturated heterocycles. The van der Waals surface area contributed by atoms with E-state index in [0.29, 0.717) is 0 Å². The Morgan fingerprint density at radius 2 is 1.90 bits per heavy atom. The molecule has 0 N–H and O–H groups in total. The number of rotatable bonds is 7. The zero-order valence-corrected chi connectivity index (χ0v) is 13.9. The minimum atomic E-state index is 0.203. The predicted molar refractivity (Wildman–Crippen MR) is 84.2 cm³/mol. The van der Waals surface area contributed by atoms with E-state index in [0.717, 1.165) is 36.3 Å². The van der Waals surface area contributed by atoms with Crippen molar-refractivity contribution < 1.29 is 14.2 Å². The zero-order chi connectivity index (χ0) is 14.4. The number of methoxy groups -OCH3 is 2. The Kier molecular flexibility index (Phi) is 6.17. The van der Waals surface area contributed by atoms with Crippen LogP contribution in [-0.2, 0) is 11.2 Å². The second kappa shape index (κ2) is 7.89. The number of hydrogen-bond acceptors (Lipinski definition) is 3. The average molecular weight is 343 g/mol. The fourth-order valence-electron chi connectivity index (χ4n) is 2.69. The minimum absolute atomic E-state index is 0.203. The number of fused-ring (bicyclic) bond motifs is 1. The quantitative estimate of drug-likeness (QED) is 0.547. The van der Waals surface area contributed by atoms with Crippen LogP contribution in [-0.4, -0.2) is 26.2 Å². The highest BCUT2D eigenvalue weighted by Crippen LogP contribution is 2.38. The Morgan fingerprint density at radius 1 is 1.15 bits per heavy atom. The molecular formula is C16H23BrO3. The van der Waals surface area contributed by atoms with E-state index in [1.54, 1.807) is 14.2 Å². The molecule has 0 saturated carbocycles. The summed E-state index contributed by atoms with van der Waals surface area (Å²) in [5.74, 6) is 1.60. The van der Waals surface area contributed by atoms with Crippen molar-refractivity contribution in [2.45, 2.75) is 38.2 Å². The van der Waals surface area contributed by atoms with Crippen LogP contribution in [0.1, 0.15) is 42.9 Å². The highest BCUT2D eigenvalue weighted by atomic mass is 79.9. The van der Waals surface area contributed by atoms with Crippen molar-refractivity contribution in [3.63, 3.8) is 0 Å². The van der Waals surface area contributed by atoms with E-state index in [-0.39, 0.29) is 6.10 Å². The molecule has 20 heavy (non-hydrogen) atoms. The molecule has 2 rings (SSSR count). The summed E-state index contributed by atoms with van der Waals surface area (Å²) in [5, 5.41) is 1.08. The van der Waals surface area contributed by atoms with E-state index in [1.807, 2.05) is 0 Å². The zero-order valence-electron chi connectivity index (χ0n) is 12.3. The van der Waals surface area contributed by atoms with Crippen molar-refractivity contribution in [1.29, 1.82) is 0 Å². The summed E-state index contributed by atoms with van der Waals surface area (Å²) in [6, 6.07) is 4.19. The van der Waals surface area contributed by atoms with Gasteiger partial charge in [0, 0.05) is 5.33 Å². The second-order valence-electron chi connectivity index (χ2n) is 5.05. The van der Waals surface area contributed by atoms with Gasteiger partial charge in [-0.05, 0) is 42.5 Å². The first-order valence-corrected chi connectivity index (χ1v) is 8.34. The van der Waals surface area contributed by atoms with Gasteiger partial charge in [0.1, 0.15) is 0 Å². The molecule has 1 aliphatic rings. The maximum atomic E-state index is 5.95. The van der Waals surface area contributed by atoms with Crippen LogP contribution in [0.5, 0.6) is 11.5 Å². The number of hydrogen-bond donors (Lipinski definition) is 0. The Morgan fingerprint density at radius 3 is 2.60 bits per heavy atom. The van der Waals surface area contributed by atoms with Gasteiger partial charge in [0.05, 0.1) is 26.9 Å². The third-order valence-corrected chi connectivity index (χ3v) is 4.34. The maximum absolute atomic E-state index is 5.95. The molecule has 0 aliphatic carbocycles. The second-order valence-corrected chi connectivity index (χ2v) is 5.85. The van der Waals surface area contributed by atoms with Gasteiger partial charge in [0.25, 0.3) is 0 Å². The fraction of sp³-hybridized carbons (Fsp3) is 0.625. The van der Waals surface area contributed by atoms with Gasteiger partial charge in [-0.25, -0.2) is 0 Å². The van der Waals surface area contributed by atoms with Crippen LogP contribution in [0, 0.1) is 0 Å². The molecule has 0 bridgehead atoms. The molecule has 0 amide bonds. The van der Waals surface area contributed by atoms with Crippen LogP contribution >= 0.6 is 15.9 Å². The molecule has 1 unspecified atom stereocenters. The summed E-state index contributed by atoms with van der Waals surface area (Å²) < 4.78 is 16.7. The first-order valence-electron chi connectivity index (χ1n) is 7.22. The number of alkyl halides is 1. The number of halogens is 1. The molecule has 1 atom stereocenters. The Labute approximate surface area is 129 Å². The van der Waals surface area contributed by atoms with Crippen LogP contribution in [0.3, 0.4) is 0 Å². The molecule has 1 aromatic carbocycles. The standard InChI is InChI=1S/C16H23BrO3/c1-18-15-10-12-7-9-20-14(6-4-3-5-8-17)13(12)11-16(15)19-2/h10-11,14H,3-9H2,1-2H3. The molecule has 1 aliphatic heterocycles. The van der Waals surface area contributed by atoms with Gasteiger partial charge in [-0.15, -0.1) is 0 Å². The molecule has 0 spiro atoms. The van der Waals surface area contributed by atoms with Crippen LogP contribution in [0.15, 0.2) is 12.1 Å². The molecule has 1 aromatic rings. The first-order chi connectivity index (χ1) is 9.80. The highest BCUT2D eigenvalue weighted by molar-refractivity contribution is 9.09. The smallest absolute Gasteiger partial charge is 0.161 e. The van der Waals surface area contributed by atoms with Gasteiger partial charge in [-0.3, -0.25) is 0 Å². The van der Waals surface area contributed by atoms with E-state index < -0.39 is 0 Å². The Hall–Kier alpha value is -0.740. The summed E-state index contributed by atoms with van der Waals surface area (Å²) in [4.78, 5) is 0. The Bertz CT molecular complexity index is 434. The third-order valence-electron chi connectivity index (χ3n) is 3.78. The molecule has 0 fully saturated rings. The number of ether oxygens (including phenoxy) is 3. The van der Waals surface area contributed by atoms with E-state index in [1.165, 1.54) is 30.4 Å². The molecular weight excluding hydrogens is 320 g/mol. The van der Waals surface area contributed by atoms with E-state index in [2.05, 4.69) is 28.1 Å². The lowest BCUT2D eigenvalue weighted by molar-refractivity contribution is 0.0346. The topological polar surface area (TPSA) is 27.7 Å². The van der Waals surface area contributed by atoms with Crippen molar-refractivity contribution >= 4 is 15.9 Å². The van der Waals surface area contributed by atoms with Crippen molar-refractivity contribution in [2.75, 3.05) is 26.2 Å². The van der Waals surface area contributed by atoms with Gasteiger partial charge in [-0.1, -0.05) is 28.8 Å². The van der Waals surface area contributed by atoms with Gasteiger partial charge < -0.3 is 14.2 Å². The normalized spacial score (nSPS) is 17.6. The van der Waals surface area contributed by atoms with E-state index in [9.17, 15) is 0 Å². The molecule has 3 nitrogen and oxygen atoms in total. The highest BCUT2D eigenvalue weighted by Gasteiger charge is 2.23. The summed E-state index contributed by atoms with van der Waals surface area (Å²) in [6.45, 7) is 0.797. The van der Waals surface area contributed by atoms with E-state index >= 15 is 0 Å². The minimum Gasteiger partial charge on any atom is -0.493 e. The molecule has 0 aromatic heterocycles. The van der Waals surface area contributed by atoms with Gasteiger partial charge in [-0.2, -0.15) is 0 Å². The van der Waals surface area contributed by atoms with Crippen LogP contribution in [0.4, 0.5) is 0 Å². The van der Waals surface area contributed by atoms with Crippen molar-refractivity contribution in [2.24, 2.45) is 0 Å². The lowest BCUT2D eigenvalue weighted by Crippen LogP contribution is -2.16. The van der Waals surface area contributed by atoms with Gasteiger partial charge in [0.15, 0.2) is 11.5 Å². The predicted octanol–water partition coefficient (Wildman–Crippen LogP) is 4.27. The molecule has 0 radical (unpaired) electrons. The van der Waals surface area contributed by atoms with Crippen molar-refractivity contribution in [3.8, 4) is 11.5 Å². The van der Waals surface area contributed by atoms with Crippen molar-refractivity contribution in [3.05, 3.63) is 23.3 Å². The lowest BCUT2D eigenvalue weighted by Gasteiger charge is -2.27. The monoisotopic (exact) mass is 342 g/mol. The summed E-state index contributed by atoms with van der Waals surface area (Å²) >= 11 is 3.47.